The van der Waals surface area contributed by atoms with Crippen LogP contribution in [0, 0.1) is 0 Å². The van der Waals surface area contributed by atoms with Gasteiger partial charge in [-0.15, -0.1) is 0 Å². The number of hydrogen-bond donors (Lipinski definition) is 0. The van der Waals surface area contributed by atoms with Gasteiger partial charge in [0, 0.05) is 19.3 Å². The molecule has 0 saturated heterocycles. The minimum atomic E-state index is -0.764. The van der Waals surface area contributed by atoms with E-state index < -0.39 is 6.10 Å². The van der Waals surface area contributed by atoms with Crippen molar-refractivity contribution in [2.75, 3.05) is 13.2 Å². The third-order valence-corrected chi connectivity index (χ3v) is 18.1. The minimum Gasteiger partial charge on any atom is -0.462 e. The topological polar surface area (TPSA) is 78.9 Å². The molecule has 6 nitrogen and oxygen atoms in total. The second-order valence-corrected chi connectivity index (χ2v) is 26.6. The number of rotatable bonds is 73. The lowest BCUT2D eigenvalue weighted by Gasteiger charge is -2.18. The molecule has 1 atom stereocenters. The molecule has 0 aliphatic heterocycles. The maximum Gasteiger partial charge on any atom is 0.306 e. The number of hydrogen-bond acceptors (Lipinski definition) is 6. The molecule has 0 amide bonds. The summed E-state index contributed by atoms with van der Waals surface area (Å²) in [6, 6.07) is 0. The van der Waals surface area contributed by atoms with E-state index in [1.54, 1.807) is 0 Å². The molecule has 0 aromatic carbocycles. The first kappa shape index (κ1) is 81.4. The van der Waals surface area contributed by atoms with E-state index in [9.17, 15) is 14.4 Å². The monoisotopic (exact) mass is 1170 g/mol. The number of esters is 3. The van der Waals surface area contributed by atoms with Gasteiger partial charge in [-0.05, 0) is 19.3 Å². The van der Waals surface area contributed by atoms with Gasteiger partial charge in [0.1, 0.15) is 13.2 Å². The summed E-state index contributed by atoms with van der Waals surface area (Å²) in [5.74, 6) is -0.812. The largest absolute Gasteiger partial charge is 0.462 e. The Kier molecular flexibility index (Phi) is 71.5. The van der Waals surface area contributed by atoms with Crippen LogP contribution < -0.4 is 0 Å². The van der Waals surface area contributed by atoms with Crippen LogP contribution in [0.1, 0.15) is 457 Å². The second-order valence-electron chi connectivity index (χ2n) is 26.6. The normalized spacial score (nSPS) is 11.9. The maximum atomic E-state index is 13.0. The molecule has 0 saturated carbocycles. The number of unbranched alkanes of at least 4 members (excludes halogenated alkanes) is 62. The molecule has 83 heavy (non-hydrogen) atoms. The van der Waals surface area contributed by atoms with E-state index in [0.29, 0.717) is 19.3 Å². The third-order valence-electron chi connectivity index (χ3n) is 18.1. The van der Waals surface area contributed by atoms with Crippen LogP contribution in [0.4, 0.5) is 0 Å². The van der Waals surface area contributed by atoms with Crippen molar-refractivity contribution in [1.29, 1.82) is 0 Å². The Hall–Kier alpha value is -1.59. The molecule has 0 radical (unpaired) electrons. The molecule has 0 fully saturated rings. The standard InChI is InChI=1S/C77H150O6/c1-4-7-10-13-16-19-22-25-28-31-34-36-38-40-41-43-46-49-52-55-58-61-64-67-70-76(79)82-73-74(72-81-75(78)69-66-63-60-57-54-51-48-45-33-30-27-24-21-18-15-12-9-6-3)83-77(80)71-68-65-62-59-56-53-50-47-44-42-39-37-35-32-29-26-23-20-17-14-11-8-5-2/h74H,4-73H2,1-3H3. The molecule has 0 aliphatic carbocycles. The molecular formula is C77H150O6. The summed E-state index contributed by atoms with van der Waals surface area (Å²) in [6.45, 7) is 6.76. The van der Waals surface area contributed by atoms with Crippen LogP contribution in [-0.4, -0.2) is 37.2 Å². The van der Waals surface area contributed by atoms with Crippen LogP contribution in [0.25, 0.3) is 0 Å². The van der Waals surface area contributed by atoms with Gasteiger partial charge in [0.2, 0.25) is 0 Å². The van der Waals surface area contributed by atoms with Crippen LogP contribution in [0.2, 0.25) is 0 Å². The summed E-state index contributed by atoms with van der Waals surface area (Å²) in [7, 11) is 0. The summed E-state index contributed by atoms with van der Waals surface area (Å²) in [4.78, 5) is 38.6. The first-order valence-electron chi connectivity index (χ1n) is 38.5. The molecule has 494 valence electrons. The SMILES string of the molecule is CCCCCCCCCCCCCCCCCCCCCCCCCCC(=O)OCC(COC(=O)CCCCCCCCCCCCCCCCCCCC)OC(=O)CCCCCCCCCCCCCCCCCCCCCCCCC. The Morgan fingerprint density at radius 1 is 0.193 bits per heavy atom. The van der Waals surface area contributed by atoms with Crippen molar-refractivity contribution in [3.8, 4) is 0 Å². The zero-order valence-electron chi connectivity index (χ0n) is 57.0. The van der Waals surface area contributed by atoms with Gasteiger partial charge in [-0.1, -0.05) is 419 Å². The molecule has 0 aromatic heterocycles. The van der Waals surface area contributed by atoms with E-state index in [2.05, 4.69) is 20.8 Å². The quantitative estimate of drug-likeness (QED) is 0.0343. The highest BCUT2D eigenvalue weighted by Crippen LogP contribution is 2.20. The predicted molar refractivity (Wildman–Crippen MR) is 363 cm³/mol. The number of carbonyl (C=O) groups excluding carboxylic acids is 3. The zero-order valence-corrected chi connectivity index (χ0v) is 57.0. The van der Waals surface area contributed by atoms with Crippen LogP contribution in [0.3, 0.4) is 0 Å². The first-order valence-corrected chi connectivity index (χ1v) is 38.5. The fourth-order valence-electron chi connectivity index (χ4n) is 12.3. The predicted octanol–water partition coefficient (Wildman–Crippen LogP) is 26.6. The fraction of sp³-hybridized carbons (Fsp3) is 0.961. The average molecular weight is 1170 g/mol. The zero-order chi connectivity index (χ0) is 59.9. The molecule has 0 aliphatic rings. The molecule has 6 heteroatoms. The summed E-state index contributed by atoms with van der Waals surface area (Å²) < 4.78 is 17.1. The van der Waals surface area contributed by atoms with Crippen molar-refractivity contribution in [2.24, 2.45) is 0 Å². The average Bonchev–Trinajstić information content (AvgIpc) is 3.49. The minimum absolute atomic E-state index is 0.0597. The van der Waals surface area contributed by atoms with Crippen molar-refractivity contribution in [3.63, 3.8) is 0 Å². The van der Waals surface area contributed by atoms with Crippen LogP contribution in [-0.2, 0) is 28.6 Å². The lowest BCUT2D eigenvalue weighted by atomic mass is 10.0. The molecule has 0 N–H and O–H groups in total. The molecule has 0 aromatic rings. The maximum absolute atomic E-state index is 13.0. The van der Waals surface area contributed by atoms with E-state index in [1.165, 1.54) is 360 Å². The van der Waals surface area contributed by atoms with Crippen LogP contribution in [0.5, 0.6) is 0 Å². The molecule has 0 spiro atoms. The van der Waals surface area contributed by atoms with E-state index in [0.717, 1.165) is 57.8 Å². The Morgan fingerprint density at radius 2 is 0.325 bits per heavy atom. The van der Waals surface area contributed by atoms with Gasteiger partial charge < -0.3 is 14.2 Å². The van der Waals surface area contributed by atoms with Crippen molar-refractivity contribution < 1.29 is 28.6 Å². The Labute approximate surface area is 520 Å². The first-order chi connectivity index (χ1) is 41.0. The Balaban J connectivity index is 4.24. The van der Waals surface area contributed by atoms with Gasteiger partial charge in [0.25, 0.3) is 0 Å². The van der Waals surface area contributed by atoms with E-state index in [-0.39, 0.29) is 31.1 Å². The lowest BCUT2D eigenvalue weighted by Crippen LogP contribution is -2.30. The molecule has 0 heterocycles. The van der Waals surface area contributed by atoms with E-state index in [4.69, 9.17) is 14.2 Å². The van der Waals surface area contributed by atoms with Crippen LogP contribution in [0.15, 0.2) is 0 Å². The molecular weight excluding hydrogens is 1020 g/mol. The van der Waals surface area contributed by atoms with Gasteiger partial charge in [-0.25, -0.2) is 0 Å². The van der Waals surface area contributed by atoms with Crippen molar-refractivity contribution in [3.05, 3.63) is 0 Å². The van der Waals surface area contributed by atoms with Crippen molar-refractivity contribution >= 4 is 17.9 Å². The number of ether oxygens (including phenoxy) is 3. The Morgan fingerprint density at radius 3 is 0.482 bits per heavy atom. The Bertz CT molecular complexity index is 1250. The van der Waals surface area contributed by atoms with Gasteiger partial charge in [0.15, 0.2) is 6.10 Å². The third kappa shape index (κ3) is 71.1. The lowest BCUT2D eigenvalue weighted by molar-refractivity contribution is -0.167. The summed E-state index contributed by atoms with van der Waals surface area (Å²) in [5, 5.41) is 0. The molecule has 1 unspecified atom stereocenters. The van der Waals surface area contributed by atoms with Gasteiger partial charge in [-0.3, -0.25) is 14.4 Å². The fourth-order valence-corrected chi connectivity index (χ4v) is 12.3. The van der Waals surface area contributed by atoms with Crippen molar-refractivity contribution in [1.82, 2.24) is 0 Å². The second kappa shape index (κ2) is 72.9. The smallest absolute Gasteiger partial charge is 0.306 e. The highest BCUT2D eigenvalue weighted by molar-refractivity contribution is 5.71. The van der Waals surface area contributed by atoms with E-state index >= 15 is 0 Å². The highest BCUT2D eigenvalue weighted by atomic mass is 16.6. The summed E-state index contributed by atoms with van der Waals surface area (Å²) in [6.07, 6.45) is 87.2. The van der Waals surface area contributed by atoms with E-state index in [1.807, 2.05) is 0 Å². The number of carbonyl (C=O) groups is 3. The highest BCUT2D eigenvalue weighted by Gasteiger charge is 2.20. The summed E-state index contributed by atoms with van der Waals surface area (Å²) >= 11 is 0. The van der Waals surface area contributed by atoms with Crippen LogP contribution >= 0.6 is 0 Å². The van der Waals surface area contributed by atoms with Crippen molar-refractivity contribution in [2.45, 2.75) is 463 Å². The molecule has 0 rings (SSSR count). The molecule has 0 bridgehead atoms. The van der Waals surface area contributed by atoms with Gasteiger partial charge >= 0.3 is 17.9 Å². The van der Waals surface area contributed by atoms with Gasteiger partial charge in [0.05, 0.1) is 0 Å². The summed E-state index contributed by atoms with van der Waals surface area (Å²) in [5.41, 5.74) is 0. The van der Waals surface area contributed by atoms with Gasteiger partial charge in [-0.2, -0.15) is 0 Å².